The van der Waals surface area contributed by atoms with Crippen LogP contribution in [0.1, 0.15) is 10.4 Å². The van der Waals surface area contributed by atoms with Gasteiger partial charge in [-0.25, -0.2) is 4.79 Å². The van der Waals surface area contributed by atoms with Crippen molar-refractivity contribution >= 4 is 11.9 Å². The minimum atomic E-state index is -0.175. The Morgan fingerprint density at radius 1 is 0.826 bits per heavy atom. The Hall–Kier alpha value is -2.82. The zero-order valence-electron chi connectivity index (χ0n) is 13.4. The van der Waals surface area contributed by atoms with Crippen LogP contribution in [0.15, 0.2) is 54.6 Å². The second-order valence-electron chi connectivity index (χ2n) is 5.33. The first-order valence-corrected chi connectivity index (χ1v) is 7.47. The van der Waals surface area contributed by atoms with Gasteiger partial charge < -0.3 is 15.5 Å². The highest BCUT2D eigenvalue weighted by Crippen LogP contribution is 2.19. The zero-order valence-corrected chi connectivity index (χ0v) is 13.4. The van der Waals surface area contributed by atoms with Gasteiger partial charge in [-0.2, -0.15) is 0 Å². The molecule has 0 unspecified atom stereocenters. The molecule has 0 aliphatic carbocycles. The molecule has 0 bridgehead atoms. The molecule has 0 aliphatic heterocycles. The first kappa shape index (κ1) is 16.5. The van der Waals surface area contributed by atoms with Crippen LogP contribution in [0.4, 0.5) is 4.79 Å². The number of carbonyl (C=O) groups excluding carboxylic acids is 2. The maximum absolute atomic E-state index is 12.0. The molecule has 0 fully saturated rings. The van der Waals surface area contributed by atoms with Gasteiger partial charge in [0, 0.05) is 32.7 Å². The van der Waals surface area contributed by atoms with Gasteiger partial charge in [0.1, 0.15) is 0 Å². The summed E-state index contributed by atoms with van der Waals surface area (Å²) in [6, 6.07) is 17.3. The van der Waals surface area contributed by atoms with E-state index in [9.17, 15) is 9.59 Å². The fourth-order valence-corrected chi connectivity index (χ4v) is 2.05. The van der Waals surface area contributed by atoms with E-state index in [4.69, 9.17) is 0 Å². The number of hydrogen-bond donors (Lipinski definition) is 2. The van der Waals surface area contributed by atoms with Gasteiger partial charge in [0.15, 0.2) is 0 Å². The van der Waals surface area contributed by atoms with Crippen LogP contribution < -0.4 is 10.6 Å². The third-order valence-corrected chi connectivity index (χ3v) is 3.35. The summed E-state index contributed by atoms with van der Waals surface area (Å²) in [4.78, 5) is 24.8. The van der Waals surface area contributed by atoms with Crippen LogP contribution in [0.3, 0.4) is 0 Å². The Morgan fingerprint density at radius 3 is 2.00 bits per heavy atom. The molecule has 0 aromatic heterocycles. The van der Waals surface area contributed by atoms with Crippen molar-refractivity contribution in [3.63, 3.8) is 0 Å². The number of hydrogen-bond acceptors (Lipinski definition) is 2. The predicted octanol–water partition coefficient (Wildman–Crippen LogP) is 2.35. The molecule has 5 nitrogen and oxygen atoms in total. The molecule has 23 heavy (non-hydrogen) atoms. The molecule has 0 aliphatic rings. The highest BCUT2D eigenvalue weighted by Gasteiger charge is 2.06. The van der Waals surface area contributed by atoms with E-state index in [0.717, 1.165) is 11.1 Å². The Balaban J connectivity index is 1.85. The SMILES string of the molecule is CN(C)C(=O)NCCNC(=O)c1ccc(-c2ccccc2)cc1. The average Bonchev–Trinajstić information content (AvgIpc) is 2.59. The summed E-state index contributed by atoms with van der Waals surface area (Å²) >= 11 is 0. The summed E-state index contributed by atoms with van der Waals surface area (Å²) in [5.41, 5.74) is 2.79. The van der Waals surface area contributed by atoms with Gasteiger partial charge in [-0.05, 0) is 23.3 Å². The number of carbonyl (C=O) groups is 2. The lowest BCUT2D eigenvalue weighted by Crippen LogP contribution is -2.39. The van der Waals surface area contributed by atoms with Gasteiger partial charge in [-0.1, -0.05) is 42.5 Å². The third-order valence-electron chi connectivity index (χ3n) is 3.35. The van der Waals surface area contributed by atoms with Crippen LogP contribution in [0.2, 0.25) is 0 Å². The molecule has 0 atom stereocenters. The molecule has 2 rings (SSSR count). The van der Waals surface area contributed by atoms with Crippen molar-refractivity contribution in [2.45, 2.75) is 0 Å². The number of benzene rings is 2. The molecular formula is C18H21N3O2. The summed E-state index contributed by atoms with van der Waals surface area (Å²) in [5, 5.41) is 5.47. The predicted molar refractivity (Wildman–Crippen MR) is 91.3 cm³/mol. The van der Waals surface area contributed by atoms with Crippen LogP contribution in [0.5, 0.6) is 0 Å². The topological polar surface area (TPSA) is 61.4 Å². The largest absolute Gasteiger partial charge is 0.350 e. The summed E-state index contributed by atoms with van der Waals surface area (Å²) in [6.07, 6.45) is 0. The standard InChI is InChI=1S/C18H21N3O2/c1-21(2)18(23)20-13-12-19-17(22)16-10-8-15(9-11-16)14-6-4-3-5-7-14/h3-11H,12-13H2,1-2H3,(H,19,22)(H,20,23). The van der Waals surface area contributed by atoms with Crippen molar-refractivity contribution in [3.8, 4) is 11.1 Å². The van der Waals surface area contributed by atoms with E-state index < -0.39 is 0 Å². The summed E-state index contributed by atoms with van der Waals surface area (Å²) < 4.78 is 0. The third kappa shape index (κ3) is 4.85. The van der Waals surface area contributed by atoms with Crippen molar-refractivity contribution in [2.24, 2.45) is 0 Å². The Labute approximate surface area is 136 Å². The lowest BCUT2D eigenvalue weighted by Gasteiger charge is -2.12. The molecule has 0 heterocycles. The molecule has 0 spiro atoms. The first-order valence-electron chi connectivity index (χ1n) is 7.47. The van der Waals surface area contributed by atoms with Crippen LogP contribution >= 0.6 is 0 Å². The maximum Gasteiger partial charge on any atom is 0.316 e. The van der Waals surface area contributed by atoms with Gasteiger partial charge in [-0.3, -0.25) is 4.79 Å². The van der Waals surface area contributed by atoms with Gasteiger partial charge in [0.25, 0.3) is 5.91 Å². The van der Waals surface area contributed by atoms with E-state index in [-0.39, 0.29) is 11.9 Å². The molecule has 2 aromatic rings. The monoisotopic (exact) mass is 311 g/mol. The van der Waals surface area contributed by atoms with Crippen molar-refractivity contribution < 1.29 is 9.59 Å². The maximum atomic E-state index is 12.0. The van der Waals surface area contributed by atoms with E-state index in [1.165, 1.54) is 4.90 Å². The second-order valence-corrected chi connectivity index (χ2v) is 5.33. The van der Waals surface area contributed by atoms with E-state index in [1.54, 1.807) is 26.2 Å². The minimum Gasteiger partial charge on any atom is -0.350 e. The van der Waals surface area contributed by atoms with Gasteiger partial charge in [0.2, 0.25) is 0 Å². The van der Waals surface area contributed by atoms with Gasteiger partial charge in [-0.15, -0.1) is 0 Å². The number of nitrogens with zero attached hydrogens (tertiary/aromatic N) is 1. The molecule has 3 amide bonds. The molecule has 2 N–H and O–H groups in total. The smallest absolute Gasteiger partial charge is 0.316 e. The summed E-state index contributed by atoms with van der Waals surface area (Å²) in [6.45, 7) is 0.781. The average molecular weight is 311 g/mol. The van der Waals surface area contributed by atoms with Crippen molar-refractivity contribution in [2.75, 3.05) is 27.2 Å². The normalized spacial score (nSPS) is 10.0. The molecule has 2 aromatic carbocycles. The van der Waals surface area contributed by atoms with E-state index in [2.05, 4.69) is 10.6 Å². The molecular weight excluding hydrogens is 290 g/mol. The Morgan fingerprint density at radius 2 is 1.39 bits per heavy atom. The van der Waals surface area contributed by atoms with Crippen LogP contribution in [0.25, 0.3) is 11.1 Å². The Bertz CT molecular complexity index is 652. The molecule has 0 radical (unpaired) electrons. The molecule has 120 valence electrons. The van der Waals surface area contributed by atoms with E-state index in [0.29, 0.717) is 18.7 Å². The van der Waals surface area contributed by atoms with E-state index >= 15 is 0 Å². The molecule has 0 saturated heterocycles. The second kappa shape index (κ2) is 7.98. The highest BCUT2D eigenvalue weighted by molar-refractivity contribution is 5.94. The molecule has 5 heteroatoms. The van der Waals surface area contributed by atoms with Gasteiger partial charge in [0.05, 0.1) is 0 Å². The number of nitrogens with one attached hydrogen (secondary N) is 2. The van der Waals surface area contributed by atoms with Crippen molar-refractivity contribution in [1.29, 1.82) is 0 Å². The van der Waals surface area contributed by atoms with E-state index in [1.807, 2.05) is 42.5 Å². The van der Waals surface area contributed by atoms with Crippen LogP contribution in [0, 0.1) is 0 Å². The van der Waals surface area contributed by atoms with Crippen LogP contribution in [-0.2, 0) is 0 Å². The van der Waals surface area contributed by atoms with Crippen LogP contribution in [-0.4, -0.2) is 44.0 Å². The summed E-state index contributed by atoms with van der Waals surface area (Å²) in [5.74, 6) is -0.149. The molecule has 0 saturated carbocycles. The minimum absolute atomic E-state index is 0.149. The first-order chi connectivity index (χ1) is 11.1. The quantitative estimate of drug-likeness (QED) is 0.833. The lowest BCUT2D eigenvalue weighted by molar-refractivity contribution is 0.0953. The fourth-order valence-electron chi connectivity index (χ4n) is 2.05. The lowest BCUT2D eigenvalue weighted by atomic mass is 10.0. The fraction of sp³-hybridized carbons (Fsp3) is 0.222. The highest BCUT2D eigenvalue weighted by atomic mass is 16.2. The number of rotatable bonds is 5. The zero-order chi connectivity index (χ0) is 16.7. The summed E-state index contributed by atoms with van der Waals surface area (Å²) in [7, 11) is 3.34. The van der Waals surface area contributed by atoms with Gasteiger partial charge >= 0.3 is 6.03 Å². The number of urea groups is 1. The number of amides is 3. The van der Waals surface area contributed by atoms with Crippen molar-refractivity contribution in [3.05, 3.63) is 60.2 Å². The van der Waals surface area contributed by atoms with Crippen molar-refractivity contribution in [1.82, 2.24) is 15.5 Å². The Kier molecular flexibility index (Phi) is 5.74.